The Kier molecular flexibility index (Phi) is 5.92. The first kappa shape index (κ1) is 18.4. The van der Waals surface area contributed by atoms with E-state index < -0.39 is 15.8 Å². The highest BCUT2D eigenvalue weighted by Crippen LogP contribution is 2.25. The Morgan fingerprint density at radius 1 is 1.21 bits per heavy atom. The molecule has 0 aromatic heterocycles. The van der Waals surface area contributed by atoms with Crippen LogP contribution in [-0.4, -0.2) is 20.9 Å². The molecule has 0 radical (unpaired) electrons. The molecule has 0 saturated carbocycles. The molecule has 2 rings (SSSR count). The summed E-state index contributed by atoms with van der Waals surface area (Å²) in [7, 11) is -3.74. The fraction of sp³-hybridized carbons (Fsp3) is 0.133. The van der Waals surface area contributed by atoms with Gasteiger partial charge in [0, 0.05) is 6.54 Å². The van der Waals surface area contributed by atoms with Gasteiger partial charge in [0.2, 0.25) is 10.0 Å². The number of nitrogens with two attached hydrogens (primary N) is 1. The molecule has 0 aliphatic heterocycles. The second-order valence-corrected chi connectivity index (χ2v) is 7.24. The van der Waals surface area contributed by atoms with Crippen molar-refractivity contribution in [2.75, 3.05) is 6.61 Å². The van der Waals surface area contributed by atoms with Gasteiger partial charge < -0.3 is 10.1 Å². The van der Waals surface area contributed by atoms with Crippen LogP contribution in [0.2, 0.25) is 0 Å². The second-order valence-electron chi connectivity index (χ2n) is 4.83. The molecule has 2 aromatic carbocycles. The molecule has 9 heteroatoms. The van der Waals surface area contributed by atoms with Gasteiger partial charge in [-0.3, -0.25) is 4.79 Å². The number of sulfonamides is 1. The van der Waals surface area contributed by atoms with E-state index in [1.165, 1.54) is 30.3 Å². The van der Waals surface area contributed by atoms with Gasteiger partial charge in [0.15, 0.2) is 6.61 Å². The lowest BCUT2D eigenvalue weighted by Gasteiger charge is -2.09. The molecular weight excluding hydrogens is 403 g/mol. The van der Waals surface area contributed by atoms with Crippen LogP contribution in [0.3, 0.4) is 0 Å². The average molecular weight is 417 g/mol. The molecule has 0 bridgehead atoms. The van der Waals surface area contributed by atoms with Crippen LogP contribution in [-0.2, 0) is 21.4 Å². The van der Waals surface area contributed by atoms with Crippen LogP contribution in [0, 0.1) is 5.82 Å². The van der Waals surface area contributed by atoms with Gasteiger partial charge in [-0.15, -0.1) is 0 Å². The Hall–Kier alpha value is -1.97. The van der Waals surface area contributed by atoms with Crippen LogP contribution < -0.4 is 15.2 Å². The van der Waals surface area contributed by atoms with E-state index in [1.807, 2.05) is 0 Å². The van der Waals surface area contributed by atoms with Crippen LogP contribution in [0.4, 0.5) is 4.39 Å². The number of nitrogens with one attached hydrogen (secondary N) is 1. The number of primary sulfonamides is 1. The zero-order chi connectivity index (χ0) is 17.7. The van der Waals surface area contributed by atoms with E-state index >= 15 is 0 Å². The first-order chi connectivity index (χ1) is 11.3. The van der Waals surface area contributed by atoms with Crippen molar-refractivity contribution < 1.29 is 22.3 Å². The van der Waals surface area contributed by atoms with E-state index in [4.69, 9.17) is 9.88 Å². The predicted octanol–water partition coefficient (Wildman–Crippen LogP) is 1.93. The van der Waals surface area contributed by atoms with Gasteiger partial charge in [0.25, 0.3) is 5.91 Å². The smallest absolute Gasteiger partial charge is 0.258 e. The molecule has 0 saturated heterocycles. The highest BCUT2D eigenvalue weighted by molar-refractivity contribution is 9.10. The summed E-state index contributed by atoms with van der Waals surface area (Å²) in [5.74, 6) is -0.438. The summed E-state index contributed by atoms with van der Waals surface area (Å²) in [6, 6.07) is 9.71. The minimum Gasteiger partial charge on any atom is -0.483 e. The molecule has 24 heavy (non-hydrogen) atoms. The van der Waals surface area contributed by atoms with Gasteiger partial charge in [-0.05, 0) is 51.8 Å². The summed E-state index contributed by atoms with van der Waals surface area (Å²) in [4.78, 5) is 11.8. The lowest BCUT2D eigenvalue weighted by Crippen LogP contribution is -2.28. The lowest BCUT2D eigenvalue weighted by atomic mass is 10.2. The topological polar surface area (TPSA) is 98.5 Å². The van der Waals surface area contributed by atoms with Gasteiger partial charge in [0.1, 0.15) is 11.6 Å². The fourth-order valence-electron chi connectivity index (χ4n) is 1.78. The number of rotatable bonds is 6. The van der Waals surface area contributed by atoms with Crippen LogP contribution in [0.25, 0.3) is 0 Å². The summed E-state index contributed by atoms with van der Waals surface area (Å²) >= 11 is 3.14. The number of halogens is 2. The maximum Gasteiger partial charge on any atom is 0.258 e. The second kappa shape index (κ2) is 7.73. The summed E-state index contributed by atoms with van der Waals surface area (Å²) in [5.41, 5.74) is 0.707. The maximum atomic E-state index is 12.9. The van der Waals surface area contributed by atoms with Gasteiger partial charge in [-0.2, -0.15) is 0 Å². The largest absolute Gasteiger partial charge is 0.483 e. The standard InChI is InChI=1S/C15H14BrFN2O4S/c16-13-7-11(17)3-6-14(13)23-9-15(20)19-8-10-1-4-12(5-2-10)24(18,21)22/h1-7H,8-9H2,(H,19,20)(H2,18,21,22). The minimum absolute atomic E-state index is 0.00192. The van der Waals surface area contributed by atoms with E-state index in [1.54, 1.807) is 12.1 Å². The Labute approximate surface area is 147 Å². The van der Waals surface area contributed by atoms with Crippen LogP contribution in [0.5, 0.6) is 5.75 Å². The van der Waals surface area contributed by atoms with E-state index in [9.17, 15) is 17.6 Å². The summed E-state index contributed by atoms with van der Waals surface area (Å²) < 4.78 is 40.9. The van der Waals surface area contributed by atoms with Gasteiger partial charge in [-0.25, -0.2) is 17.9 Å². The fourth-order valence-corrected chi connectivity index (χ4v) is 2.76. The predicted molar refractivity (Wildman–Crippen MR) is 89.3 cm³/mol. The lowest BCUT2D eigenvalue weighted by molar-refractivity contribution is -0.123. The van der Waals surface area contributed by atoms with Crippen LogP contribution >= 0.6 is 15.9 Å². The number of hydrogen-bond acceptors (Lipinski definition) is 4. The molecule has 128 valence electrons. The van der Waals surface area contributed by atoms with Crippen molar-refractivity contribution in [3.63, 3.8) is 0 Å². The van der Waals surface area contributed by atoms with E-state index in [0.717, 1.165) is 0 Å². The molecule has 6 nitrogen and oxygen atoms in total. The van der Waals surface area contributed by atoms with Crippen LogP contribution in [0.1, 0.15) is 5.56 Å². The molecular formula is C15H14BrFN2O4S. The van der Waals surface area contributed by atoms with E-state index in [0.29, 0.717) is 15.8 Å². The zero-order valence-electron chi connectivity index (χ0n) is 12.3. The molecule has 2 aromatic rings. The highest BCUT2D eigenvalue weighted by atomic mass is 79.9. The molecule has 0 aliphatic rings. The number of carbonyl (C=O) groups is 1. The van der Waals surface area contributed by atoms with Crippen molar-refractivity contribution in [1.29, 1.82) is 0 Å². The van der Waals surface area contributed by atoms with E-state index in [2.05, 4.69) is 21.2 Å². The van der Waals surface area contributed by atoms with Gasteiger partial charge in [-0.1, -0.05) is 12.1 Å². The first-order valence-electron chi connectivity index (χ1n) is 6.72. The van der Waals surface area contributed by atoms with Crippen molar-refractivity contribution >= 4 is 31.9 Å². The number of amides is 1. The van der Waals surface area contributed by atoms with Gasteiger partial charge in [0.05, 0.1) is 9.37 Å². The van der Waals surface area contributed by atoms with E-state index in [-0.39, 0.29) is 24.0 Å². The third-order valence-corrected chi connectivity index (χ3v) is 4.54. The average Bonchev–Trinajstić information content (AvgIpc) is 2.51. The third kappa shape index (κ3) is 5.29. The normalized spacial score (nSPS) is 11.1. The zero-order valence-corrected chi connectivity index (χ0v) is 14.7. The molecule has 1 amide bonds. The van der Waals surface area contributed by atoms with Gasteiger partial charge >= 0.3 is 0 Å². The minimum atomic E-state index is -3.74. The Balaban J connectivity index is 1.85. The third-order valence-electron chi connectivity index (χ3n) is 2.99. The molecule has 0 unspecified atom stereocenters. The summed E-state index contributed by atoms with van der Waals surface area (Å²) in [5, 5.41) is 7.63. The first-order valence-corrected chi connectivity index (χ1v) is 9.06. The SMILES string of the molecule is NS(=O)(=O)c1ccc(CNC(=O)COc2ccc(F)cc2Br)cc1. The van der Waals surface area contributed by atoms with Crippen molar-refractivity contribution in [2.45, 2.75) is 11.4 Å². The number of hydrogen-bond donors (Lipinski definition) is 2. The molecule has 0 heterocycles. The van der Waals surface area contributed by atoms with Crippen molar-refractivity contribution in [3.8, 4) is 5.75 Å². The molecule has 0 atom stereocenters. The number of ether oxygens (including phenoxy) is 1. The highest BCUT2D eigenvalue weighted by Gasteiger charge is 2.08. The summed E-state index contributed by atoms with van der Waals surface area (Å²) in [6.45, 7) is -0.0306. The van der Waals surface area contributed by atoms with Crippen molar-refractivity contribution in [2.24, 2.45) is 5.14 Å². The summed E-state index contributed by atoms with van der Waals surface area (Å²) in [6.07, 6.45) is 0. The Bertz CT molecular complexity index is 841. The van der Waals surface area contributed by atoms with Crippen molar-refractivity contribution in [3.05, 3.63) is 58.3 Å². The molecule has 0 aliphatic carbocycles. The van der Waals surface area contributed by atoms with Crippen LogP contribution in [0.15, 0.2) is 51.8 Å². The number of carbonyl (C=O) groups excluding carboxylic acids is 1. The van der Waals surface area contributed by atoms with Crippen molar-refractivity contribution in [1.82, 2.24) is 5.32 Å². The molecule has 0 fully saturated rings. The Morgan fingerprint density at radius 2 is 1.88 bits per heavy atom. The Morgan fingerprint density at radius 3 is 2.46 bits per heavy atom. The number of benzene rings is 2. The molecule has 3 N–H and O–H groups in total. The maximum absolute atomic E-state index is 12.9. The quantitative estimate of drug-likeness (QED) is 0.751. The monoisotopic (exact) mass is 416 g/mol. The molecule has 0 spiro atoms.